The number of aryl methyl sites for hydroxylation is 2. The van der Waals surface area contributed by atoms with Crippen molar-refractivity contribution in [3.05, 3.63) is 40.7 Å². The van der Waals surface area contributed by atoms with Crippen LogP contribution >= 0.6 is 11.6 Å². The van der Waals surface area contributed by atoms with Crippen molar-refractivity contribution in [2.75, 3.05) is 10.5 Å². The third kappa shape index (κ3) is 2.83. The van der Waals surface area contributed by atoms with Gasteiger partial charge in [0.2, 0.25) is 5.95 Å². The largest absolute Gasteiger partial charge is 0.397 e. The average Bonchev–Trinajstić information content (AvgIpc) is 2.33. The molecule has 0 saturated carbocycles. The fourth-order valence-electron chi connectivity index (χ4n) is 1.72. The zero-order valence-electron chi connectivity index (χ0n) is 10.9. The molecular weight excluding hydrogens is 300 g/mol. The Morgan fingerprint density at radius 1 is 1.20 bits per heavy atom. The van der Waals surface area contributed by atoms with Crippen molar-refractivity contribution >= 4 is 33.3 Å². The maximum Gasteiger partial charge on any atom is 0.266 e. The molecule has 0 fully saturated rings. The molecule has 0 amide bonds. The second-order valence-corrected chi connectivity index (χ2v) is 6.26. The van der Waals surface area contributed by atoms with Gasteiger partial charge in [0.15, 0.2) is 0 Å². The number of nitrogen functional groups attached to an aromatic ring is 1. The van der Waals surface area contributed by atoms with Gasteiger partial charge in [0.05, 0.1) is 5.69 Å². The van der Waals surface area contributed by atoms with Crippen LogP contribution in [-0.2, 0) is 10.0 Å². The number of halogens is 1. The van der Waals surface area contributed by atoms with Gasteiger partial charge in [-0.2, -0.15) is 0 Å². The Hall–Kier alpha value is -1.86. The molecule has 0 atom stereocenters. The third-order valence-electron chi connectivity index (χ3n) is 2.73. The smallest absolute Gasteiger partial charge is 0.266 e. The zero-order chi connectivity index (χ0) is 14.9. The van der Waals surface area contributed by atoms with Gasteiger partial charge in [0, 0.05) is 6.20 Å². The molecule has 1 aromatic heterocycles. The lowest BCUT2D eigenvalue weighted by Crippen LogP contribution is -2.18. The molecule has 2 aromatic rings. The standard InChI is InChI=1S/C12H13ClN4O2S/c1-7-3-4-8(2)11(10(7)14)20(18,19)17-12-15-6-5-9(13)16-12/h3-6H,14H2,1-2H3,(H,15,16,17). The summed E-state index contributed by atoms with van der Waals surface area (Å²) in [6.45, 7) is 3.41. The molecule has 0 unspecified atom stereocenters. The molecule has 0 aliphatic carbocycles. The maximum absolute atomic E-state index is 12.4. The molecule has 106 valence electrons. The summed E-state index contributed by atoms with van der Waals surface area (Å²) in [4.78, 5) is 7.62. The molecule has 0 radical (unpaired) electrons. The highest BCUT2D eigenvalue weighted by Crippen LogP contribution is 2.27. The van der Waals surface area contributed by atoms with Crippen molar-refractivity contribution in [1.29, 1.82) is 0 Å². The lowest BCUT2D eigenvalue weighted by Gasteiger charge is -2.13. The van der Waals surface area contributed by atoms with Crippen LogP contribution in [0.4, 0.5) is 11.6 Å². The Morgan fingerprint density at radius 2 is 1.85 bits per heavy atom. The predicted molar refractivity (Wildman–Crippen MR) is 78.2 cm³/mol. The molecule has 1 heterocycles. The first-order chi connectivity index (χ1) is 9.31. The number of benzene rings is 1. The van der Waals surface area contributed by atoms with Crippen LogP contribution in [0.2, 0.25) is 5.15 Å². The lowest BCUT2D eigenvalue weighted by atomic mass is 10.1. The summed E-state index contributed by atoms with van der Waals surface area (Å²) in [7, 11) is -3.87. The highest BCUT2D eigenvalue weighted by atomic mass is 35.5. The number of nitrogens with one attached hydrogen (secondary N) is 1. The van der Waals surface area contributed by atoms with Crippen molar-refractivity contribution in [3.8, 4) is 0 Å². The van der Waals surface area contributed by atoms with E-state index in [-0.39, 0.29) is 21.7 Å². The van der Waals surface area contributed by atoms with E-state index in [1.54, 1.807) is 26.0 Å². The van der Waals surface area contributed by atoms with Crippen LogP contribution in [0, 0.1) is 13.8 Å². The maximum atomic E-state index is 12.4. The monoisotopic (exact) mass is 312 g/mol. The number of rotatable bonds is 3. The highest BCUT2D eigenvalue weighted by Gasteiger charge is 2.22. The summed E-state index contributed by atoms with van der Waals surface area (Å²) in [5.41, 5.74) is 7.30. The van der Waals surface area contributed by atoms with Crippen LogP contribution in [0.5, 0.6) is 0 Å². The molecule has 1 aromatic carbocycles. The minimum Gasteiger partial charge on any atom is -0.397 e. The van der Waals surface area contributed by atoms with Crippen LogP contribution in [0.25, 0.3) is 0 Å². The first-order valence-corrected chi connectivity index (χ1v) is 7.54. The number of anilines is 2. The number of nitrogens with two attached hydrogens (primary N) is 1. The van der Waals surface area contributed by atoms with E-state index >= 15 is 0 Å². The topological polar surface area (TPSA) is 98.0 Å². The van der Waals surface area contributed by atoms with Gasteiger partial charge < -0.3 is 5.73 Å². The molecule has 20 heavy (non-hydrogen) atoms. The normalized spacial score (nSPS) is 11.3. The molecule has 0 saturated heterocycles. The molecule has 3 N–H and O–H groups in total. The summed E-state index contributed by atoms with van der Waals surface area (Å²) in [6, 6.07) is 4.91. The average molecular weight is 313 g/mol. The summed E-state index contributed by atoms with van der Waals surface area (Å²) in [5, 5.41) is 0.145. The fraction of sp³-hybridized carbons (Fsp3) is 0.167. The van der Waals surface area contributed by atoms with Gasteiger partial charge in [0.25, 0.3) is 10.0 Å². The van der Waals surface area contributed by atoms with Crippen molar-refractivity contribution in [3.63, 3.8) is 0 Å². The summed E-state index contributed by atoms with van der Waals surface area (Å²) in [5.74, 6) is -0.0993. The van der Waals surface area contributed by atoms with Gasteiger partial charge in [-0.15, -0.1) is 0 Å². The van der Waals surface area contributed by atoms with Crippen LogP contribution < -0.4 is 10.5 Å². The Morgan fingerprint density at radius 3 is 2.50 bits per heavy atom. The predicted octanol–water partition coefficient (Wildman–Crippen LogP) is 2.13. The number of hydrogen-bond acceptors (Lipinski definition) is 5. The molecule has 0 bridgehead atoms. The van der Waals surface area contributed by atoms with E-state index in [0.29, 0.717) is 11.1 Å². The number of aromatic nitrogens is 2. The molecule has 0 aliphatic rings. The third-order valence-corrected chi connectivity index (χ3v) is 4.47. The molecule has 2 rings (SSSR count). The van der Waals surface area contributed by atoms with E-state index in [1.165, 1.54) is 12.3 Å². The minimum atomic E-state index is -3.87. The van der Waals surface area contributed by atoms with Crippen LogP contribution in [0.3, 0.4) is 0 Å². The van der Waals surface area contributed by atoms with E-state index in [1.807, 2.05) is 0 Å². The summed E-state index contributed by atoms with van der Waals surface area (Å²) < 4.78 is 27.1. The van der Waals surface area contributed by atoms with E-state index in [4.69, 9.17) is 17.3 Å². The van der Waals surface area contributed by atoms with E-state index < -0.39 is 10.0 Å². The van der Waals surface area contributed by atoms with Crippen LogP contribution in [0.1, 0.15) is 11.1 Å². The highest BCUT2D eigenvalue weighted by molar-refractivity contribution is 7.93. The molecular formula is C12H13ClN4O2S. The Bertz CT molecular complexity index is 762. The van der Waals surface area contributed by atoms with E-state index in [0.717, 1.165) is 0 Å². The zero-order valence-corrected chi connectivity index (χ0v) is 12.5. The SMILES string of the molecule is Cc1ccc(C)c(S(=O)(=O)Nc2nccc(Cl)n2)c1N. The van der Waals surface area contributed by atoms with Crippen LogP contribution in [0.15, 0.2) is 29.3 Å². The van der Waals surface area contributed by atoms with Crippen molar-refractivity contribution in [1.82, 2.24) is 9.97 Å². The van der Waals surface area contributed by atoms with Crippen molar-refractivity contribution in [2.45, 2.75) is 18.7 Å². The number of sulfonamides is 1. The lowest BCUT2D eigenvalue weighted by molar-refractivity contribution is 0.600. The first-order valence-electron chi connectivity index (χ1n) is 5.68. The number of nitrogens with zero attached hydrogens (tertiary/aromatic N) is 2. The van der Waals surface area contributed by atoms with Gasteiger partial charge in [0.1, 0.15) is 10.0 Å². The van der Waals surface area contributed by atoms with Gasteiger partial charge >= 0.3 is 0 Å². The summed E-state index contributed by atoms with van der Waals surface area (Å²) in [6.07, 6.45) is 1.36. The van der Waals surface area contributed by atoms with Gasteiger partial charge in [-0.1, -0.05) is 23.7 Å². The first kappa shape index (κ1) is 14.5. The van der Waals surface area contributed by atoms with Gasteiger partial charge in [-0.05, 0) is 31.0 Å². The Labute approximate surface area is 122 Å². The molecule has 6 nitrogen and oxygen atoms in total. The molecule has 0 spiro atoms. The second-order valence-electron chi connectivity index (χ2n) is 4.25. The van der Waals surface area contributed by atoms with E-state index in [2.05, 4.69) is 14.7 Å². The Kier molecular flexibility index (Phi) is 3.82. The molecule has 0 aliphatic heterocycles. The van der Waals surface area contributed by atoms with E-state index in [9.17, 15) is 8.42 Å². The summed E-state index contributed by atoms with van der Waals surface area (Å²) >= 11 is 5.70. The second kappa shape index (κ2) is 5.26. The quantitative estimate of drug-likeness (QED) is 0.668. The fourth-order valence-corrected chi connectivity index (χ4v) is 3.24. The van der Waals surface area contributed by atoms with Gasteiger partial charge in [-0.25, -0.2) is 23.1 Å². The van der Waals surface area contributed by atoms with Gasteiger partial charge in [-0.3, -0.25) is 0 Å². The molecule has 8 heteroatoms. The minimum absolute atomic E-state index is 0.0288. The van der Waals surface area contributed by atoms with Crippen molar-refractivity contribution < 1.29 is 8.42 Å². The van der Waals surface area contributed by atoms with Crippen LogP contribution in [-0.4, -0.2) is 18.4 Å². The Balaban J connectivity index is 2.49. The number of hydrogen-bond donors (Lipinski definition) is 2. The van der Waals surface area contributed by atoms with Crippen molar-refractivity contribution in [2.24, 2.45) is 0 Å².